The average molecular weight is 187 g/mol. The second-order valence-corrected chi connectivity index (χ2v) is 3.38. The van der Waals surface area contributed by atoms with E-state index in [9.17, 15) is 9.59 Å². The van der Waals surface area contributed by atoms with Crippen LogP contribution in [0, 0.1) is 0 Å². The van der Waals surface area contributed by atoms with E-state index in [0.717, 1.165) is 6.42 Å². The molecule has 4 heteroatoms. The van der Waals surface area contributed by atoms with Crippen LogP contribution in [0.25, 0.3) is 0 Å². The molecule has 0 unspecified atom stereocenters. The summed E-state index contributed by atoms with van der Waals surface area (Å²) in [7, 11) is 5.34. The van der Waals surface area contributed by atoms with Gasteiger partial charge in [0.2, 0.25) is 0 Å². The van der Waals surface area contributed by atoms with Gasteiger partial charge >= 0.3 is 0 Å². The molecule has 1 heterocycles. The minimum Gasteiger partial charge on any atom is -0.275 e. The lowest BCUT2D eigenvalue weighted by atomic mass is 10.00. The van der Waals surface area contributed by atoms with E-state index < -0.39 is 0 Å². The molecule has 0 bridgehead atoms. The fraction of sp³-hybridized carbons (Fsp3) is 0.400. The van der Waals surface area contributed by atoms with Gasteiger partial charge in [0.1, 0.15) is 0 Å². The molecule has 0 aromatic heterocycles. The van der Waals surface area contributed by atoms with Crippen molar-refractivity contribution in [3.05, 3.63) is 23.3 Å². The monoisotopic (exact) mass is 187 g/mol. The van der Waals surface area contributed by atoms with E-state index in [2.05, 4.69) is 0 Å². The second-order valence-electron chi connectivity index (χ2n) is 3.38. The van der Waals surface area contributed by atoms with Crippen LogP contribution in [0.1, 0.15) is 12.8 Å². The average Bonchev–Trinajstić information content (AvgIpc) is 2.45. The second kappa shape index (κ2) is 3.44. The molecule has 0 fully saturated rings. The summed E-state index contributed by atoms with van der Waals surface area (Å²) in [4.78, 5) is 24.6. The Morgan fingerprint density at radius 2 is 2.14 bits per heavy atom. The van der Waals surface area contributed by atoms with E-state index in [0.29, 0.717) is 30.4 Å². The Labute approximate surface area is 83.9 Å². The first-order chi connectivity index (χ1) is 6.75. The van der Waals surface area contributed by atoms with Crippen molar-refractivity contribution in [2.45, 2.75) is 19.2 Å². The van der Waals surface area contributed by atoms with E-state index in [1.165, 1.54) is 4.90 Å². The molecule has 1 aliphatic heterocycles. The number of hydrogen-bond acceptors (Lipinski definition) is 2. The molecule has 0 aromatic rings. The molecule has 0 N–H and O–H groups in total. The van der Waals surface area contributed by atoms with Gasteiger partial charge in [0.15, 0.2) is 0 Å². The molecule has 0 saturated heterocycles. The normalized spacial score (nSPS) is 20.7. The van der Waals surface area contributed by atoms with E-state index in [4.69, 9.17) is 7.85 Å². The quantitative estimate of drug-likeness (QED) is 0.468. The van der Waals surface area contributed by atoms with E-state index in [1.807, 2.05) is 6.08 Å². The Morgan fingerprint density at radius 1 is 1.36 bits per heavy atom. The molecule has 14 heavy (non-hydrogen) atoms. The SMILES string of the molecule is [B]CCN1C(=O)C2=C(CCC=C2)C1=O. The lowest BCUT2D eigenvalue weighted by Gasteiger charge is -2.12. The Morgan fingerprint density at radius 3 is 2.79 bits per heavy atom. The van der Waals surface area contributed by atoms with Gasteiger partial charge in [-0.3, -0.25) is 14.5 Å². The van der Waals surface area contributed by atoms with Gasteiger partial charge < -0.3 is 0 Å². The van der Waals surface area contributed by atoms with Gasteiger partial charge in [-0.1, -0.05) is 18.5 Å². The largest absolute Gasteiger partial charge is 0.275 e. The van der Waals surface area contributed by atoms with Gasteiger partial charge in [-0.25, -0.2) is 0 Å². The Bertz CT molecular complexity index is 357. The molecular weight excluding hydrogens is 177 g/mol. The van der Waals surface area contributed by atoms with Crippen molar-refractivity contribution in [3.63, 3.8) is 0 Å². The first-order valence-corrected chi connectivity index (χ1v) is 4.71. The van der Waals surface area contributed by atoms with Crippen LogP contribution in [-0.4, -0.2) is 31.1 Å². The van der Waals surface area contributed by atoms with Gasteiger partial charge in [-0.2, -0.15) is 0 Å². The lowest BCUT2D eigenvalue weighted by Crippen LogP contribution is -2.32. The lowest BCUT2D eigenvalue weighted by molar-refractivity contribution is -0.137. The summed E-state index contributed by atoms with van der Waals surface area (Å²) in [5.41, 5.74) is 1.22. The van der Waals surface area contributed by atoms with Crippen LogP contribution < -0.4 is 0 Å². The van der Waals surface area contributed by atoms with Crippen molar-refractivity contribution < 1.29 is 9.59 Å². The standard InChI is InChI=1S/C10H10BNO2/c11-5-6-12-9(13)7-3-1-2-4-8(7)10(12)14/h1,3H,2,4-6H2. The maximum absolute atomic E-state index is 11.7. The van der Waals surface area contributed by atoms with Crippen molar-refractivity contribution >= 4 is 19.7 Å². The molecule has 0 saturated carbocycles. The highest BCUT2D eigenvalue weighted by molar-refractivity contribution is 6.21. The van der Waals surface area contributed by atoms with E-state index >= 15 is 0 Å². The van der Waals surface area contributed by atoms with Crippen LogP contribution in [0.5, 0.6) is 0 Å². The van der Waals surface area contributed by atoms with Gasteiger partial charge in [-0.05, 0) is 12.8 Å². The predicted octanol–water partition coefficient (Wildman–Crippen LogP) is 0.589. The van der Waals surface area contributed by atoms with Crippen molar-refractivity contribution in [2.75, 3.05) is 6.54 Å². The van der Waals surface area contributed by atoms with Gasteiger partial charge in [0.25, 0.3) is 11.8 Å². The molecule has 3 nitrogen and oxygen atoms in total. The minimum absolute atomic E-state index is 0.153. The predicted molar refractivity (Wildman–Crippen MR) is 52.7 cm³/mol. The number of carbonyl (C=O) groups is 2. The number of allylic oxidation sites excluding steroid dienone is 1. The van der Waals surface area contributed by atoms with Crippen LogP contribution in [0.15, 0.2) is 23.3 Å². The zero-order valence-electron chi connectivity index (χ0n) is 7.82. The number of hydrogen-bond donors (Lipinski definition) is 0. The zero-order valence-corrected chi connectivity index (χ0v) is 7.82. The fourth-order valence-corrected chi connectivity index (χ4v) is 1.82. The number of rotatable bonds is 2. The molecule has 0 aromatic carbocycles. The van der Waals surface area contributed by atoms with Crippen molar-refractivity contribution in [1.82, 2.24) is 4.90 Å². The van der Waals surface area contributed by atoms with E-state index in [1.54, 1.807) is 6.08 Å². The third-order valence-corrected chi connectivity index (χ3v) is 2.50. The maximum Gasteiger partial charge on any atom is 0.261 e. The van der Waals surface area contributed by atoms with Crippen molar-refractivity contribution in [1.29, 1.82) is 0 Å². The Hall–Kier alpha value is -1.32. The highest BCUT2D eigenvalue weighted by Crippen LogP contribution is 2.28. The smallest absolute Gasteiger partial charge is 0.261 e. The van der Waals surface area contributed by atoms with Crippen LogP contribution >= 0.6 is 0 Å². The molecule has 2 aliphatic rings. The van der Waals surface area contributed by atoms with Crippen LogP contribution in [0.2, 0.25) is 6.32 Å². The number of nitrogens with zero attached hydrogens (tertiary/aromatic N) is 1. The molecule has 2 radical (unpaired) electrons. The summed E-state index contributed by atoms with van der Waals surface area (Å²) in [6.07, 6.45) is 5.51. The maximum atomic E-state index is 11.7. The molecular formula is C10H10BNO2. The third-order valence-electron chi connectivity index (χ3n) is 2.50. The summed E-state index contributed by atoms with van der Waals surface area (Å²) in [6.45, 7) is 0.318. The molecule has 0 spiro atoms. The first-order valence-electron chi connectivity index (χ1n) is 4.71. The van der Waals surface area contributed by atoms with Gasteiger partial charge in [0.05, 0.1) is 7.85 Å². The van der Waals surface area contributed by atoms with E-state index in [-0.39, 0.29) is 11.8 Å². The summed E-state index contributed by atoms with van der Waals surface area (Å²) >= 11 is 0. The van der Waals surface area contributed by atoms with Crippen LogP contribution in [-0.2, 0) is 9.59 Å². The molecule has 0 atom stereocenters. The zero-order chi connectivity index (χ0) is 10.1. The summed E-state index contributed by atoms with van der Waals surface area (Å²) in [5, 5.41) is 0. The number of imide groups is 1. The van der Waals surface area contributed by atoms with Crippen molar-refractivity contribution in [2.24, 2.45) is 0 Å². The van der Waals surface area contributed by atoms with Crippen molar-refractivity contribution in [3.8, 4) is 0 Å². The number of carbonyl (C=O) groups excluding carboxylic acids is 2. The molecule has 2 rings (SSSR count). The van der Waals surface area contributed by atoms with Crippen LogP contribution in [0.4, 0.5) is 0 Å². The first kappa shape index (κ1) is 9.25. The Kier molecular flexibility index (Phi) is 2.27. The molecule has 2 amide bonds. The summed E-state index contributed by atoms with van der Waals surface area (Å²) < 4.78 is 0. The Balaban J connectivity index is 2.30. The number of amides is 2. The third kappa shape index (κ3) is 1.22. The highest BCUT2D eigenvalue weighted by Gasteiger charge is 2.36. The van der Waals surface area contributed by atoms with Gasteiger partial charge in [-0.15, -0.1) is 0 Å². The topological polar surface area (TPSA) is 37.4 Å². The molecule has 70 valence electrons. The summed E-state index contributed by atoms with van der Waals surface area (Å²) in [6, 6.07) is 0. The fourth-order valence-electron chi connectivity index (χ4n) is 1.82. The van der Waals surface area contributed by atoms with Gasteiger partial charge in [0, 0.05) is 17.7 Å². The van der Waals surface area contributed by atoms with Crippen LogP contribution in [0.3, 0.4) is 0 Å². The minimum atomic E-state index is -0.189. The highest BCUT2D eigenvalue weighted by atomic mass is 16.2. The summed E-state index contributed by atoms with van der Waals surface area (Å²) in [5.74, 6) is -0.341. The molecule has 1 aliphatic carbocycles.